The van der Waals surface area contributed by atoms with E-state index in [-0.39, 0.29) is 11.9 Å². The molecule has 0 bridgehead atoms. The van der Waals surface area contributed by atoms with Crippen LogP contribution in [-0.2, 0) is 24.2 Å². The topological polar surface area (TPSA) is 59.8 Å². The van der Waals surface area contributed by atoms with Crippen LogP contribution in [0.15, 0.2) is 36.8 Å². The van der Waals surface area contributed by atoms with Crippen LogP contribution in [0, 0.1) is 0 Å². The average Bonchev–Trinajstić information content (AvgIpc) is 2.87. The maximum atomic E-state index is 12.0. The van der Waals surface area contributed by atoms with Crippen LogP contribution in [-0.4, -0.2) is 26.5 Å². The van der Waals surface area contributed by atoms with Gasteiger partial charge in [0, 0.05) is 43.3 Å². The first-order valence-electron chi connectivity index (χ1n) is 6.50. The number of nitrogens with zero attached hydrogens (tertiary/aromatic N) is 3. The molecule has 1 aliphatic heterocycles. The molecular weight excluding hydrogens is 240 g/mol. The molecule has 1 amide bonds. The Balaban J connectivity index is 1.56. The first-order valence-corrected chi connectivity index (χ1v) is 6.50. The van der Waals surface area contributed by atoms with E-state index in [1.165, 1.54) is 0 Å². The number of rotatable bonds is 3. The van der Waals surface area contributed by atoms with Gasteiger partial charge in [-0.1, -0.05) is 6.07 Å². The van der Waals surface area contributed by atoms with Gasteiger partial charge in [-0.25, -0.2) is 4.98 Å². The summed E-state index contributed by atoms with van der Waals surface area (Å²) in [5.41, 5.74) is 0.803. The van der Waals surface area contributed by atoms with Crippen LogP contribution >= 0.6 is 0 Å². The van der Waals surface area contributed by atoms with Gasteiger partial charge in [0.1, 0.15) is 5.82 Å². The maximum absolute atomic E-state index is 12.0. The maximum Gasteiger partial charge on any atom is 0.226 e. The summed E-state index contributed by atoms with van der Waals surface area (Å²) in [6.07, 6.45) is 7.61. The van der Waals surface area contributed by atoms with Crippen molar-refractivity contribution in [3.05, 3.63) is 48.3 Å². The van der Waals surface area contributed by atoms with E-state index in [9.17, 15) is 4.79 Å². The number of imidazole rings is 1. The van der Waals surface area contributed by atoms with Gasteiger partial charge in [-0.15, -0.1) is 0 Å². The lowest BCUT2D eigenvalue weighted by atomic mass is 10.1. The molecular formula is C14H16N4O. The lowest BCUT2D eigenvalue weighted by molar-refractivity contribution is -0.121. The minimum absolute atomic E-state index is 0.0312. The van der Waals surface area contributed by atoms with Gasteiger partial charge in [-0.2, -0.15) is 0 Å². The fourth-order valence-corrected chi connectivity index (χ4v) is 2.42. The van der Waals surface area contributed by atoms with Crippen LogP contribution in [0.25, 0.3) is 0 Å². The van der Waals surface area contributed by atoms with Crippen molar-refractivity contribution in [2.45, 2.75) is 31.8 Å². The van der Waals surface area contributed by atoms with E-state index in [1.54, 1.807) is 6.20 Å². The molecule has 3 rings (SSSR count). The summed E-state index contributed by atoms with van der Waals surface area (Å²) in [5, 5.41) is 3.07. The van der Waals surface area contributed by atoms with Crippen molar-refractivity contribution in [1.82, 2.24) is 19.9 Å². The molecule has 2 aromatic rings. The number of fused-ring (bicyclic) bond motifs is 1. The lowest BCUT2D eigenvalue weighted by Gasteiger charge is -2.24. The zero-order valence-electron chi connectivity index (χ0n) is 10.6. The van der Waals surface area contributed by atoms with E-state index >= 15 is 0 Å². The Morgan fingerprint density at radius 1 is 1.37 bits per heavy atom. The van der Waals surface area contributed by atoms with Gasteiger partial charge >= 0.3 is 0 Å². The summed E-state index contributed by atoms with van der Waals surface area (Å²) in [4.78, 5) is 20.4. The van der Waals surface area contributed by atoms with Crippen molar-refractivity contribution in [2.75, 3.05) is 0 Å². The van der Waals surface area contributed by atoms with Gasteiger partial charge in [0.2, 0.25) is 5.91 Å². The third-order valence-corrected chi connectivity index (χ3v) is 3.38. The number of pyridine rings is 1. The smallest absolute Gasteiger partial charge is 0.226 e. The number of nitrogens with one attached hydrogen (secondary N) is 1. The second-order valence-electron chi connectivity index (χ2n) is 4.79. The highest BCUT2D eigenvalue weighted by atomic mass is 16.1. The van der Waals surface area contributed by atoms with E-state index in [2.05, 4.69) is 19.9 Å². The standard InChI is InChI=1S/C14H16N4O/c19-14(10-11-3-1-2-5-15-11)17-12-4-7-18-8-6-16-13(18)9-12/h1-3,5-6,8,12H,4,7,9-10H2,(H,17,19). The van der Waals surface area contributed by atoms with E-state index in [0.29, 0.717) is 6.42 Å². The number of hydrogen-bond donors (Lipinski definition) is 1. The fraction of sp³-hybridized carbons (Fsp3) is 0.357. The highest BCUT2D eigenvalue weighted by Gasteiger charge is 2.20. The van der Waals surface area contributed by atoms with Gasteiger partial charge in [-0.05, 0) is 18.6 Å². The van der Waals surface area contributed by atoms with Crippen molar-refractivity contribution in [3.8, 4) is 0 Å². The molecule has 3 heterocycles. The number of aryl methyl sites for hydroxylation is 1. The fourth-order valence-electron chi connectivity index (χ4n) is 2.42. The molecule has 19 heavy (non-hydrogen) atoms. The largest absolute Gasteiger partial charge is 0.353 e. The van der Waals surface area contributed by atoms with Crippen LogP contribution in [0.4, 0.5) is 0 Å². The molecule has 0 aromatic carbocycles. The van der Waals surface area contributed by atoms with Gasteiger partial charge < -0.3 is 9.88 Å². The first-order chi connectivity index (χ1) is 9.31. The Morgan fingerprint density at radius 2 is 2.32 bits per heavy atom. The second-order valence-corrected chi connectivity index (χ2v) is 4.79. The zero-order valence-corrected chi connectivity index (χ0v) is 10.6. The molecule has 1 aliphatic rings. The van der Waals surface area contributed by atoms with Crippen LogP contribution in [0.3, 0.4) is 0 Å². The van der Waals surface area contributed by atoms with E-state index in [1.807, 2.05) is 30.6 Å². The zero-order chi connectivity index (χ0) is 13.1. The summed E-state index contributed by atoms with van der Waals surface area (Å²) >= 11 is 0. The van der Waals surface area contributed by atoms with Crippen molar-refractivity contribution in [1.29, 1.82) is 0 Å². The lowest BCUT2D eigenvalue weighted by Crippen LogP contribution is -2.41. The third kappa shape index (κ3) is 2.81. The second kappa shape index (κ2) is 5.22. The molecule has 0 spiro atoms. The Labute approximate surface area is 111 Å². The third-order valence-electron chi connectivity index (χ3n) is 3.38. The number of hydrogen-bond acceptors (Lipinski definition) is 3. The van der Waals surface area contributed by atoms with Crippen LogP contribution in [0.2, 0.25) is 0 Å². The summed E-state index contributed by atoms with van der Waals surface area (Å²) < 4.78 is 2.14. The highest BCUT2D eigenvalue weighted by Crippen LogP contribution is 2.13. The predicted molar refractivity (Wildman–Crippen MR) is 70.4 cm³/mol. The van der Waals surface area contributed by atoms with E-state index in [0.717, 1.165) is 30.9 Å². The normalized spacial score (nSPS) is 17.8. The summed E-state index contributed by atoms with van der Waals surface area (Å²) in [6.45, 7) is 0.921. The molecule has 1 atom stereocenters. The van der Waals surface area contributed by atoms with Crippen molar-refractivity contribution < 1.29 is 4.79 Å². The first kappa shape index (κ1) is 11.9. The van der Waals surface area contributed by atoms with Gasteiger partial charge in [0.05, 0.1) is 6.42 Å². The highest BCUT2D eigenvalue weighted by molar-refractivity contribution is 5.78. The molecule has 5 nitrogen and oxygen atoms in total. The molecule has 0 aliphatic carbocycles. The molecule has 2 aromatic heterocycles. The van der Waals surface area contributed by atoms with Crippen molar-refractivity contribution in [2.24, 2.45) is 0 Å². The Kier molecular flexibility index (Phi) is 3.27. The number of carbonyl (C=O) groups excluding carboxylic acids is 1. The van der Waals surface area contributed by atoms with E-state index in [4.69, 9.17) is 0 Å². The molecule has 1 N–H and O–H groups in total. The van der Waals surface area contributed by atoms with Crippen LogP contribution < -0.4 is 5.32 Å². The van der Waals surface area contributed by atoms with Gasteiger partial charge in [0.25, 0.3) is 0 Å². The monoisotopic (exact) mass is 256 g/mol. The Bertz CT molecular complexity index is 564. The molecule has 98 valence electrons. The summed E-state index contributed by atoms with van der Waals surface area (Å²) in [7, 11) is 0. The van der Waals surface area contributed by atoms with Crippen LogP contribution in [0.5, 0.6) is 0 Å². The van der Waals surface area contributed by atoms with Crippen molar-refractivity contribution >= 4 is 5.91 Å². The minimum Gasteiger partial charge on any atom is -0.353 e. The summed E-state index contributed by atoms with van der Waals surface area (Å²) in [5.74, 6) is 1.08. The SMILES string of the molecule is O=C(Cc1ccccn1)NC1CCn2ccnc2C1. The van der Waals surface area contributed by atoms with Gasteiger partial charge in [-0.3, -0.25) is 9.78 Å². The number of amides is 1. The predicted octanol–water partition coefficient (Wildman–Crippen LogP) is 0.952. The van der Waals surface area contributed by atoms with Crippen molar-refractivity contribution in [3.63, 3.8) is 0 Å². The van der Waals surface area contributed by atoms with Gasteiger partial charge in [0.15, 0.2) is 0 Å². The molecule has 0 fully saturated rings. The molecule has 0 radical (unpaired) electrons. The van der Waals surface area contributed by atoms with Crippen LogP contribution in [0.1, 0.15) is 17.9 Å². The number of aromatic nitrogens is 3. The number of carbonyl (C=O) groups is 1. The average molecular weight is 256 g/mol. The molecule has 1 unspecified atom stereocenters. The molecule has 0 saturated heterocycles. The minimum atomic E-state index is 0.0312. The molecule has 0 saturated carbocycles. The Morgan fingerprint density at radius 3 is 3.16 bits per heavy atom. The summed E-state index contributed by atoms with van der Waals surface area (Å²) in [6, 6.07) is 5.80. The van der Waals surface area contributed by atoms with E-state index < -0.39 is 0 Å². The molecule has 5 heteroatoms. The Hall–Kier alpha value is -2.17. The quantitative estimate of drug-likeness (QED) is 0.889.